The van der Waals surface area contributed by atoms with Crippen LogP contribution in [0.5, 0.6) is 0 Å². The number of carbonyl (C=O) groups is 6. The molecule has 0 aliphatic carbocycles. The quantitative estimate of drug-likeness (QED) is 0.141. The van der Waals surface area contributed by atoms with E-state index in [2.05, 4.69) is 0 Å². The van der Waals surface area contributed by atoms with E-state index in [1.54, 1.807) is 52.0 Å². The molecule has 2 rings (SSSR count). The lowest BCUT2D eigenvalue weighted by Gasteiger charge is -2.41. The van der Waals surface area contributed by atoms with Crippen LogP contribution in [0.15, 0.2) is 30.3 Å². The van der Waals surface area contributed by atoms with Crippen molar-refractivity contribution in [2.75, 3.05) is 42.0 Å². The van der Waals surface area contributed by atoms with Gasteiger partial charge in [0.1, 0.15) is 5.78 Å². The molecule has 0 unspecified atom stereocenters. The number of ketones is 2. The van der Waals surface area contributed by atoms with E-state index in [4.69, 9.17) is 19.9 Å². The molecule has 328 valence electrons. The molecule has 2 N–H and O–H groups in total. The molecule has 1 aliphatic rings. The zero-order valence-corrected chi connectivity index (χ0v) is 37.6. The molecule has 13 nitrogen and oxygen atoms in total. The molecule has 58 heavy (non-hydrogen) atoms. The number of benzene rings is 1. The number of hydrogen-bond donors (Lipinski definition) is 1. The fraction of sp³-hybridized carbons (Fsp3) is 0.733. The van der Waals surface area contributed by atoms with E-state index in [1.807, 2.05) is 71.9 Å². The highest BCUT2D eigenvalue weighted by Gasteiger charge is 2.44. The van der Waals surface area contributed by atoms with Gasteiger partial charge < -0.3 is 34.6 Å². The van der Waals surface area contributed by atoms with Gasteiger partial charge in [0, 0.05) is 59.5 Å². The van der Waals surface area contributed by atoms with E-state index in [0.717, 1.165) is 12.0 Å². The Morgan fingerprint density at radius 3 is 1.93 bits per heavy atom. The van der Waals surface area contributed by atoms with Gasteiger partial charge in [-0.15, -0.1) is 0 Å². The van der Waals surface area contributed by atoms with Crippen LogP contribution in [0.25, 0.3) is 0 Å². The molecular weight excluding hydrogens is 741 g/mol. The summed E-state index contributed by atoms with van der Waals surface area (Å²) in [7, 11) is 7.70. The average molecular weight is 815 g/mol. The first-order chi connectivity index (χ1) is 27.3. The Hall–Kier alpha value is -3.68. The predicted octanol–water partition coefficient (Wildman–Crippen LogP) is 4.96. The zero-order valence-electron chi connectivity index (χ0n) is 37.6. The van der Waals surface area contributed by atoms with Crippen molar-refractivity contribution in [2.45, 2.75) is 137 Å². The van der Waals surface area contributed by atoms with Crippen LogP contribution >= 0.6 is 0 Å². The molecule has 0 radical (unpaired) electrons. The van der Waals surface area contributed by atoms with Crippen molar-refractivity contribution in [1.29, 1.82) is 0 Å². The summed E-state index contributed by atoms with van der Waals surface area (Å²) in [6.07, 6.45) is 1.08. The average Bonchev–Trinajstić information content (AvgIpc) is 3.68. The number of likely N-dealkylation sites (tertiary alicyclic amines) is 1. The van der Waals surface area contributed by atoms with Crippen molar-refractivity contribution in [3.63, 3.8) is 0 Å². The van der Waals surface area contributed by atoms with Crippen molar-refractivity contribution < 1.29 is 43.0 Å². The van der Waals surface area contributed by atoms with Gasteiger partial charge >= 0.3 is 5.97 Å². The minimum atomic E-state index is -0.768. The summed E-state index contributed by atoms with van der Waals surface area (Å²) >= 11 is 0. The molecule has 1 heterocycles. The second kappa shape index (κ2) is 23.8. The third-order valence-electron chi connectivity index (χ3n) is 12.3. The van der Waals surface area contributed by atoms with Gasteiger partial charge in [-0.25, -0.2) is 0 Å². The van der Waals surface area contributed by atoms with E-state index in [1.165, 1.54) is 12.0 Å². The summed E-state index contributed by atoms with van der Waals surface area (Å²) in [5, 5.41) is 0. The lowest BCUT2D eigenvalue weighted by molar-refractivity contribution is -0.150. The zero-order chi connectivity index (χ0) is 44.0. The summed E-state index contributed by atoms with van der Waals surface area (Å²) in [4.78, 5) is 86.8. The van der Waals surface area contributed by atoms with Gasteiger partial charge in [-0.1, -0.05) is 85.2 Å². The molecule has 0 saturated carbocycles. The van der Waals surface area contributed by atoms with Gasteiger partial charge in [0.15, 0.2) is 5.78 Å². The third kappa shape index (κ3) is 13.2. The van der Waals surface area contributed by atoms with E-state index >= 15 is 0 Å². The predicted molar refractivity (Wildman–Crippen MR) is 224 cm³/mol. The fourth-order valence-corrected chi connectivity index (χ4v) is 8.77. The van der Waals surface area contributed by atoms with Crippen molar-refractivity contribution >= 4 is 35.3 Å². The number of esters is 1. The maximum Gasteiger partial charge on any atom is 0.309 e. The van der Waals surface area contributed by atoms with Gasteiger partial charge in [-0.2, -0.15) is 0 Å². The highest BCUT2D eigenvalue weighted by Crippen LogP contribution is 2.32. The number of likely N-dealkylation sites (N-methyl/N-ethyl adjacent to an activating group) is 2. The summed E-state index contributed by atoms with van der Waals surface area (Å²) in [5.41, 5.74) is 6.80. The number of rotatable bonds is 24. The van der Waals surface area contributed by atoms with Crippen molar-refractivity contribution in [3.8, 4) is 0 Å². The van der Waals surface area contributed by atoms with Gasteiger partial charge in [0.2, 0.25) is 17.7 Å². The Labute approximate surface area is 348 Å². The minimum absolute atomic E-state index is 0.00917. The first-order valence-corrected chi connectivity index (χ1v) is 21.1. The molecule has 1 saturated heterocycles. The van der Waals surface area contributed by atoms with Crippen LogP contribution in [0.4, 0.5) is 0 Å². The Bertz CT molecular complexity index is 1500. The Morgan fingerprint density at radius 2 is 1.43 bits per heavy atom. The molecule has 13 heteroatoms. The van der Waals surface area contributed by atoms with E-state index in [0.29, 0.717) is 25.8 Å². The number of carbonyl (C=O) groups excluding carboxylic acids is 6. The summed E-state index contributed by atoms with van der Waals surface area (Å²) in [5.74, 6) is -3.92. The largest absolute Gasteiger partial charge is 0.469 e. The molecule has 10 atom stereocenters. The van der Waals surface area contributed by atoms with Crippen molar-refractivity contribution in [1.82, 2.24) is 14.7 Å². The first kappa shape index (κ1) is 50.5. The van der Waals surface area contributed by atoms with Gasteiger partial charge in [0.25, 0.3) is 0 Å². The van der Waals surface area contributed by atoms with Crippen LogP contribution < -0.4 is 5.73 Å². The lowest BCUT2D eigenvalue weighted by atomic mass is 9.83. The molecule has 1 fully saturated rings. The van der Waals surface area contributed by atoms with Crippen LogP contribution in [0, 0.1) is 35.5 Å². The second-order valence-corrected chi connectivity index (χ2v) is 17.1. The topological polar surface area (TPSA) is 166 Å². The first-order valence-electron chi connectivity index (χ1n) is 21.1. The van der Waals surface area contributed by atoms with Crippen LogP contribution in [0.3, 0.4) is 0 Å². The molecule has 0 bridgehead atoms. The number of ether oxygens (including phenoxy) is 3. The van der Waals surface area contributed by atoms with Gasteiger partial charge in [0.05, 0.1) is 55.8 Å². The molecule has 0 spiro atoms. The Kier molecular flexibility index (Phi) is 20.7. The summed E-state index contributed by atoms with van der Waals surface area (Å²) in [6, 6.07) is 7.12. The SMILES string of the molecule is CC[C@H](C)[C@@H]([C@@H](CC(=O)N1CCC[C@H]1[C@H](OC)[C@@H](C)C(=O)C[C@@H](Cc1ccccc1)C(=O)OC)OC)N(C)C(=O)[C@@H](CC(=O)[C@H](C(C)C)N(C)C(=O)[C@H](C)N)C(C)C. The monoisotopic (exact) mass is 815 g/mol. The third-order valence-corrected chi connectivity index (χ3v) is 12.3. The highest BCUT2D eigenvalue weighted by atomic mass is 16.5. The Morgan fingerprint density at radius 1 is 0.810 bits per heavy atom. The number of methoxy groups -OCH3 is 3. The number of nitrogens with two attached hydrogens (primary N) is 1. The molecule has 3 amide bonds. The van der Waals surface area contributed by atoms with E-state index < -0.39 is 54.1 Å². The fourth-order valence-electron chi connectivity index (χ4n) is 8.77. The van der Waals surface area contributed by atoms with Gasteiger partial charge in [-0.3, -0.25) is 28.8 Å². The van der Waals surface area contributed by atoms with Crippen LogP contribution in [0.2, 0.25) is 0 Å². The summed E-state index contributed by atoms with van der Waals surface area (Å²) < 4.78 is 17.1. The van der Waals surface area contributed by atoms with Crippen LogP contribution in [-0.2, 0) is 49.4 Å². The standard InChI is InChI=1S/C45H74N4O9/c1-14-29(6)41(48(10)44(54)34(27(2)3)25-37(51)40(28(4)5)47(9)43(53)31(8)46)38(56-11)26-39(52)49-22-18-21-35(49)42(57-12)30(7)36(50)24-33(45(55)58-13)23-32-19-16-15-17-20-32/h15-17,19-20,27-31,33-35,38,40-42H,14,18,21-26,46H2,1-13H3/t29-,30-,31-,33+,34-,35-,38+,40-,41-,42+/m0/s1. The number of Topliss-reactive ketones (excluding diaryl/α,β-unsaturated/α-hetero) is 2. The summed E-state index contributed by atoms with van der Waals surface area (Å²) in [6.45, 7) is 15.5. The maximum absolute atomic E-state index is 14.5. The van der Waals surface area contributed by atoms with Crippen molar-refractivity contribution in [2.24, 2.45) is 41.2 Å². The highest BCUT2D eigenvalue weighted by molar-refractivity contribution is 5.93. The molecule has 1 aromatic carbocycles. The normalized spacial score (nSPS) is 19.0. The molecule has 0 aromatic heterocycles. The minimum Gasteiger partial charge on any atom is -0.469 e. The van der Waals surface area contributed by atoms with E-state index in [-0.39, 0.29) is 72.3 Å². The van der Waals surface area contributed by atoms with Crippen molar-refractivity contribution in [3.05, 3.63) is 35.9 Å². The molecule has 1 aliphatic heterocycles. The molecular formula is C45H74N4O9. The number of amides is 3. The molecule has 1 aromatic rings. The lowest BCUT2D eigenvalue weighted by Crippen LogP contribution is -2.54. The Balaban J connectivity index is 2.31. The number of hydrogen-bond acceptors (Lipinski definition) is 10. The number of nitrogens with zero attached hydrogens (tertiary/aromatic N) is 3. The smallest absolute Gasteiger partial charge is 0.309 e. The van der Waals surface area contributed by atoms with Gasteiger partial charge in [-0.05, 0) is 49.5 Å². The van der Waals surface area contributed by atoms with Crippen LogP contribution in [0.1, 0.15) is 99.5 Å². The second-order valence-electron chi connectivity index (χ2n) is 17.1. The van der Waals surface area contributed by atoms with Crippen LogP contribution in [-0.4, -0.2) is 128 Å². The maximum atomic E-state index is 14.5. The van der Waals surface area contributed by atoms with E-state index in [9.17, 15) is 28.8 Å².